The van der Waals surface area contributed by atoms with Gasteiger partial charge in [0, 0.05) is 32.0 Å². The molecule has 3 aliphatic heterocycles. The van der Waals surface area contributed by atoms with Crippen LogP contribution in [0.1, 0.15) is 46.5 Å². The first-order valence-corrected chi connectivity index (χ1v) is 7.75. The largest absolute Gasteiger partial charge is 0.444 e. The molecule has 0 aromatic rings. The van der Waals surface area contributed by atoms with E-state index in [2.05, 4.69) is 5.32 Å². The van der Waals surface area contributed by atoms with Gasteiger partial charge in [0.15, 0.2) is 0 Å². The Bertz CT molecular complexity index is 525. The van der Waals surface area contributed by atoms with Gasteiger partial charge in [0.25, 0.3) is 5.91 Å². The molecule has 0 saturated carbocycles. The van der Waals surface area contributed by atoms with Gasteiger partial charge in [-0.05, 0) is 33.6 Å². The number of piperidine rings is 1. The summed E-state index contributed by atoms with van der Waals surface area (Å²) in [6, 6.07) is -0.455. The fourth-order valence-corrected chi connectivity index (χ4v) is 3.89. The Morgan fingerprint density at radius 1 is 1.23 bits per heavy atom. The minimum Gasteiger partial charge on any atom is -0.444 e. The van der Waals surface area contributed by atoms with Gasteiger partial charge >= 0.3 is 12.1 Å². The molecule has 3 aliphatic rings. The van der Waals surface area contributed by atoms with Crippen LogP contribution in [0.15, 0.2) is 0 Å². The first kappa shape index (κ1) is 15.1. The summed E-state index contributed by atoms with van der Waals surface area (Å²) in [5, 5.41) is 2.84. The third-order valence-electron chi connectivity index (χ3n) is 4.76. The van der Waals surface area contributed by atoms with Crippen molar-refractivity contribution in [1.29, 1.82) is 0 Å². The molecule has 2 bridgehead atoms. The normalized spacial score (nSPS) is 34.4. The molecular formula is C15H23N3O4. The maximum atomic E-state index is 12.4. The zero-order valence-electron chi connectivity index (χ0n) is 13.5. The SMILES string of the molecule is CN1C(=O)NC2(CC3CCC(C2)N3C(=O)OC(C)(C)C)C1=O. The summed E-state index contributed by atoms with van der Waals surface area (Å²) in [7, 11) is 1.49. The molecule has 22 heavy (non-hydrogen) atoms. The minimum atomic E-state index is -0.837. The van der Waals surface area contributed by atoms with Gasteiger partial charge < -0.3 is 15.0 Å². The fourth-order valence-electron chi connectivity index (χ4n) is 3.89. The minimum absolute atomic E-state index is 0.0515. The van der Waals surface area contributed by atoms with E-state index in [1.807, 2.05) is 20.8 Å². The van der Waals surface area contributed by atoms with E-state index in [0.717, 1.165) is 17.7 Å². The lowest BCUT2D eigenvalue weighted by molar-refractivity contribution is -0.133. The molecule has 3 fully saturated rings. The molecule has 1 N–H and O–H groups in total. The van der Waals surface area contributed by atoms with E-state index in [-0.39, 0.29) is 30.1 Å². The van der Waals surface area contributed by atoms with E-state index in [1.165, 1.54) is 7.05 Å². The van der Waals surface area contributed by atoms with Crippen LogP contribution in [-0.4, -0.2) is 58.1 Å². The van der Waals surface area contributed by atoms with E-state index in [9.17, 15) is 14.4 Å². The molecule has 7 heteroatoms. The number of amides is 4. The van der Waals surface area contributed by atoms with Crippen LogP contribution in [0.2, 0.25) is 0 Å². The molecule has 0 radical (unpaired) electrons. The Labute approximate surface area is 129 Å². The number of rotatable bonds is 0. The molecule has 3 heterocycles. The second-order valence-corrected chi connectivity index (χ2v) is 7.56. The Kier molecular flexibility index (Phi) is 3.16. The number of nitrogens with one attached hydrogen (secondary N) is 1. The molecule has 7 nitrogen and oxygen atoms in total. The van der Waals surface area contributed by atoms with Crippen LogP contribution in [0.5, 0.6) is 0 Å². The van der Waals surface area contributed by atoms with Gasteiger partial charge in [-0.15, -0.1) is 0 Å². The van der Waals surface area contributed by atoms with Crippen molar-refractivity contribution in [3.05, 3.63) is 0 Å². The molecule has 0 aromatic heterocycles. The summed E-state index contributed by atoms with van der Waals surface area (Å²) >= 11 is 0. The summed E-state index contributed by atoms with van der Waals surface area (Å²) in [4.78, 5) is 39.5. The lowest BCUT2D eigenvalue weighted by Crippen LogP contribution is -2.60. The summed E-state index contributed by atoms with van der Waals surface area (Å²) < 4.78 is 5.48. The number of likely N-dealkylation sites (N-methyl/N-ethyl adjacent to an activating group) is 1. The Hall–Kier alpha value is -1.79. The average molecular weight is 309 g/mol. The number of fused-ring (bicyclic) bond motifs is 2. The van der Waals surface area contributed by atoms with E-state index in [1.54, 1.807) is 4.90 Å². The van der Waals surface area contributed by atoms with Crippen molar-refractivity contribution in [2.24, 2.45) is 0 Å². The van der Waals surface area contributed by atoms with Crippen molar-refractivity contribution >= 4 is 18.0 Å². The molecule has 2 atom stereocenters. The van der Waals surface area contributed by atoms with Gasteiger partial charge in [0.05, 0.1) is 0 Å². The van der Waals surface area contributed by atoms with Gasteiger partial charge in [0.1, 0.15) is 11.1 Å². The number of hydrogen-bond donors (Lipinski definition) is 1. The standard InChI is InChI=1S/C15H23N3O4/c1-14(2,3)22-13(21)18-9-5-6-10(18)8-15(7-9)11(19)17(4)12(20)16-15/h9-10H,5-8H2,1-4H3,(H,16,20). The molecule has 122 valence electrons. The second-order valence-electron chi connectivity index (χ2n) is 7.56. The van der Waals surface area contributed by atoms with Crippen LogP contribution >= 0.6 is 0 Å². The predicted molar refractivity (Wildman–Crippen MR) is 78.1 cm³/mol. The van der Waals surface area contributed by atoms with Crippen LogP contribution in [0, 0.1) is 0 Å². The maximum Gasteiger partial charge on any atom is 0.410 e. The number of nitrogens with zero attached hydrogens (tertiary/aromatic N) is 2. The smallest absolute Gasteiger partial charge is 0.410 e. The van der Waals surface area contributed by atoms with E-state index >= 15 is 0 Å². The van der Waals surface area contributed by atoms with Crippen molar-refractivity contribution < 1.29 is 19.1 Å². The number of hydrogen-bond acceptors (Lipinski definition) is 4. The van der Waals surface area contributed by atoms with Crippen LogP contribution in [0.3, 0.4) is 0 Å². The lowest BCUT2D eigenvalue weighted by atomic mass is 9.83. The fraction of sp³-hybridized carbons (Fsp3) is 0.800. The van der Waals surface area contributed by atoms with Crippen LogP contribution in [0.4, 0.5) is 9.59 Å². The van der Waals surface area contributed by atoms with Crippen LogP contribution in [0.25, 0.3) is 0 Å². The lowest BCUT2D eigenvalue weighted by Gasteiger charge is -2.43. The van der Waals surface area contributed by atoms with Gasteiger partial charge in [0.2, 0.25) is 0 Å². The van der Waals surface area contributed by atoms with E-state index < -0.39 is 11.1 Å². The van der Waals surface area contributed by atoms with Crippen molar-refractivity contribution in [2.45, 2.75) is 69.7 Å². The summed E-state index contributed by atoms with van der Waals surface area (Å²) in [6.07, 6.45) is 2.31. The van der Waals surface area contributed by atoms with Crippen LogP contribution in [-0.2, 0) is 9.53 Å². The number of ether oxygens (including phenoxy) is 1. The molecule has 3 rings (SSSR count). The highest BCUT2D eigenvalue weighted by Crippen LogP contribution is 2.43. The van der Waals surface area contributed by atoms with Crippen molar-refractivity contribution in [3.63, 3.8) is 0 Å². The van der Waals surface area contributed by atoms with Gasteiger partial charge in [-0.1, -0.05) is 0 Å². The van der Waals surface area contributed by atoms with Gasteiger partial charge in [-0.2, -0.15) is 0 Å². The molecule has 3 saturated heterocycles. The molecule has 4 amide bonds. The Morgan fingerprint density at radius 2 is 1.77 bits per heavy atom. The molecule has 2 unspecified atom stereocenters. The van der Waals surface area contributed by atoms with Crippen molar-refractivity contribution in [3.8, 4) is 0 Å². The summed E-state index contributed by atoms with van der Waals surface area (Å²) in [5.41, 5.74) is -1.38. The highest BCUT2D eigenvalue weighted by molar-refractivity contribution is 6.07. The highest BCUT2D eigenvalue weighted by Gasteiger charge is 2.59. The summed E-state index contributed by atoms with van der Waals surface area (Å²) in [6.45, 7) is 5.52. The first-order valence-electron chi connectivity index (χ1n) is 7.75. The third kappa shape index (κ3) is 2.23. The number of imide groups is 1. The van der Waals surface area contributed by atoms with E-state index in [4.69, 9.17) is 4.74 Å². The van der Waals surface area contributed by atoms with E-state index in [0.29, 0.717) is 12.8 Å². The molecule has 1 spiro atoms. The average Bonchev–Trinajstić information content (AvgIpc) is 2.77. The van der Waals surface area contributed by atoms with Crippen molar-refractivity contribution in [1.82, 2.24) is 15.1 Å². The van der Waals surface area contributed by atoms with Gasteiger partial charge in [-0.25, -0.2) is 9.59 Å². The second kappa shape index (κ2) is 4.60. The first-order chi connectivity index (χ1) is 10.1. The number of urea groups is 1. The maximum absolute atomic E-state index is 12.4. The molecule has 0 aliphatic carbocycles. The zero-order valence-corrected chi connectivity index (χ0v) is 13.5. The summed E-state index contributed by atoms with van der Waals surface area (Å²) in [5.74, 6) is -0.182. The monoisotopic (exact) mass is 309 g/mol. The zero-order chi connectivity index (χ0) is 16.3. The quantitative estimate of drug-likeness (QED) is 0.687. The van der Waals surface area contributed by atoms with Gasteiger partial charge in [-0.3, -0.25) is 9.69 Å². The number of carbonyl (C=O) groups excluding carboxylic acids is 3. The molecule has 0 aromatic carbocycles. The van der Waals surface area contributed by atoms with Crippen molar-refractivity contribution in [2.75, 3.05) is 7.05 Å². The number of carbonyl (C=O) groups is 3. The third-order valence-corrected chi connectivity index (χ3v) is 4.76. The predicted octanol–water partition coefficient (Wildman–Crippen LogP) is 1.47. The van der Waals surface area contributed by atoms with Crippen LogP contribution < -0.4 is 5.32 Å². The highest BCUT2D eigenvalue weighted by atomic mass is 16.6. The topological polar surface area (TPSA) is 79.0 Å². The Balaban J connectivity index is 1.79. The molecular weight excluding hydrogens is 286 g/mol. The Morgan fingerprint density at radius 3 is 2.18 bits per heavy atom.